The Morgan fingerprint density at radius 2 is 2.00 bits per heavy atom. The maximum Gasteiger partial charge on any atom is 0.211 e. The third-order valence-electron chi connectivity index (χ3n) is 4.54. The van der Waals surface area contributed by atoms with Crippen molar-refractivity contribution >= 4 is 50.8 Å². The van der Waals surface area contributed by atoms with Crippen molar-refractivity contribution < 1.29 is 0 Å². The molecule has 0 aliphatic heterocycles. The molecule has 0 aliphatic rings. The second-order valence-corrected chi connectivity index (χ2v) is 8.15. The monoisotopic (exact) mass is 430 g/mol. The minimum atomic E-state index is 0.333. The molecule has 4 aromatic heterocycles. The SMILES string of the molecule is CN=CC(=C(N)c1cccnc1)c1cnc2ccc(Nc3nnc(C(C)C)s3)nc2c1. The first-order valence-electron chi connectivity index (χ1n) is 9.75. The lowest BCUT2D eigenvalue weighted by Crippen LogP contribution is -2.04. The van der Waals surface area contributed by atoms with E-state index in [1.807, 2.05) is 30.3 Å². The molecule has 9 heteroatoms. The maximum atomic E-state index is 6.43. The molecule has 3 N–H and O–H groups in total. The minimum absolute atomic E-state index is 0.333. The maximum absolute atomic E-state index is 6.43. The lowest BCUT2D eigenvalue weighted by molar-refractivity contribution is 0.825. The number of anilines is 2. The first-order valence-corrected chi connectivity index (χ1v) is 10.6. The van der Waals surface area contributed by atoms with Crippen molar-refractivity contribution in [2.45, 2.75) is 19.8 Å². The van der Waals surface area contributed by atoms with Crippen molar-refractivity contribution in [1.82, 2.24) is 25.1 Å². The molecular formula is C22H22N8S. The Morgan fingerprint density at radius 3 is 2.71 bits per heavy atom. The highest BCUT2D eigenvalue weighted by Gasteiger charge is 2.11. The highest BCUT2D eigenvalue weighted by Crippen LogP contribution is 2.27. The highest BCUT2D eigenvalue weighted by molar-refractivity contribution is 7.15. The van der Waals surface area contributed by atoms with Gasteiger partial charge in [-0.1, -0.05) is 25.2 Å². The smallest absolute Gasteiger partial charge is 0.211 e. The van der Waals surface area contributed by atoms with E-state index in [4.69, 9.17) is 10.7 Å². The zero-order chi connectivity index (χ0) is 21.8. The van der Waals surface area contributed by atoms with Crippen LogP contribution in [0.15, 0.2) is 53.9 Å². The third kappa shape index (κ3) is 4.56. The number of rotatable bonds is 6. The van der Waals surface area contributed by atoms with Crippen LogP contribution in [-0.2, 0) is 0 Å². The number of aromatic nitrogens is 5. The average Bonchev–Trinajstić information content (AvgIpc) is 3.26. The highest BCUT2D eigenvalue weighted by atomic mass is 32.1. The van der Waals surface area contributed by atoms with Gasteiger partial charge < -0.3 is 11.1 Å². The van der Waals surface area contributed by atoms with Crippen LogP contribution in [0.3, 0.4) is 0 Å². The van der Waals surface area contributed by atoms with E-state index in [-0.39, 0.29) is 0 Å². The summed E-state index contributed by atoms with van der Waals surface area (Å²) >= 11 is 1.52. The summed E-state index contributed by atoms with van der Waals surface area (Å²) in [4.78, 5) is 17.6. The molecule has 8 nitrogen and oxygen atoms in total. The van der Waals surface area contributed by atoms with Crippen molar-refractivity contribution in [3.63, 3.8) is 0 Å². The molecule has 0 aliphatic carbocycles. The summed E-state index contributed by atoms with van der Waals surface area (Å²) in [7, 11) is 1.71. The molecule has 0 spiro atoms. The summed E-state index contributed by atoms with van der Waals surface area (Å²) in [5, 5.41) is 13.3. The van der Waals surface area contributed by atoms with Gasteiger partial charge in [-0.05, 0) is 30.3 Å². The van der Waals surface area contributed by atoms with E-state index >= 15 is 0 Å². The van der Waals surface area contributed by atoms with Crippen LogP contribution in [0.1, 0.15) is 35.9 Å². The Labute approximate surface area is 184 Å². The van der Waals surface area contributed by atoms with Gasteiger partial charge in [0.15, 0.2) is 0 Å². The summed E-state index contributed by atoms with van der Waals surface area (Å²) in [6.45, 7) is 4.18. The molecule has 0 bridgehead atoms. The van der Waals surface area contributed by atoms with Crippen LogP contribution in [-0.4, -0.2) is 38.4 Å². The zero-order valence-electron chi connectivity index (χ0n) is 17.4. The van der Waals surface area contributed by atoms with Gasteiger partial charge in [-0.15, -0.1) is 10.2 Å². The van der Waals surface area contributed by atoms with E-state index in [1.54, 1.807) is 31.9 Å². The summed E-state index contributed by atoms with van der Waals surface area (Å²) in [6, 6.07) is 9.50. The molecule has 4 rings (SSSR count). The molecule has 0 fully saturated rings. The van der Waals surface area contributed by atoms with Crippen molar-refractivity contribution in [2.24, 2.45) is 10.7 Å². The molecule has 156 valence electrons. The molecule has 0 radical (unpaired) electrons. The van der Waals surface area contributed by atoms with E-state index in [9.17, 15) is 0 Å². The number of pyridine rings is 3. The summed E-state index contributed by atoms with van der Waals surface area (Å²) in [5.41, 5.74) is 10.9. The lowest BCUT2D eigenvalue weighted by Gasteiger charge is -2.10. The van der Waals surface area contributed by atoms with Gasteiger partial charge in [0.25, 0.3) is 0 Å². The number of hydrogen-bond donors (Lipinski definition) is 2. The van der Waals surface area contributed by atoms with Crippen LogP contribution in [0.2, 0.25) is 0 Å². The molecule has 0 saturated carbocycles. The summed E-state index contributed by atoms with van der Waals surface area (Å²) in [6.07, 6.45) is 6.93. The number of nitrogens with zero attached hydrogens (tertiary/aromatic N) is 6. The Hall–Kier alpha value is -3.72. The van der Waals surface area contributed by atoms with E-state index in [0.29, 0.717) is 22.6 Å². The number of hydrogen-bond acceptors (Lipinski definition) is 9. The molecule has 0 atom stereocenters. The fraction of sp³-hybridized carbons (Fsp3) is 0.182. The number of fused-ring (bicyclic) bond motifs is 1. The zero-order valence-corrected chi connectivity index (χ0v) is 18.3. The molecule has 4 heterocycles. The van der Waals surface area contributed by atoms with Crippen molar-refractivity contribution in [1.29, 1.82) is 0 Å². The molecule has 0 saturated heterocycles. The van der Waals surface area contributed by atoms with Gasteiger partial charge in [0, 0.05) is 60.2 Å². The number of nitrogens with two attached hydrogens (primary N) is 1. The van der Waals surface area contributed by atoms with E-state index in [1.165, 1.54) is 11.3 Å². The Kier molecular flexibility index (Phi) is 5.94. The topological polar surface area (TPSA) is 115 Å². The van der Waals surface area contributed by atoms with Crippen molar-refractivity contribution in [3.05, 3.63) is 65.1 Å². The van der Waals surface area contributed by atoms with Gasteiger partial charge in [0.2, 0.25) is 5.13 Å². The molecule has 4 aromatic rings. The average molecular weight is 431 g/mol. The lowest BCUT2D eigenvalue weighted by atomic mass is 10.0. The van der Waals surface area contributed by atoms with Gasteiger partial charge in [0.05, 0.1) is 11.0 Å². The van der Waals surface area contributed by atoms with Crippen molar-refractivity contribution in [2.75, 3.05) is 12.4 Å². The van der Waals surface area contributed by atoms with E-state index in [2.05, 4.69) is 44.3 Å². The molecule has 31 heavy (non-hydrogen) atoms. The van der Waals surface area contributed by atoms with Crippen LogP contribution in [0.4, 0.5) is 10.9 Å². The first kappa shape index (κ1) is 20.5. The van der Waals surface area contributed by atoms with Crippen LogP contribution in [0.25, 0.3) is 22.3 Å². The Morgan fingerprint density at radius 1 is 1.13 bits per heavy atom. The number of aliphatic imine (C=N–C) groups is 1. The van der Waals surface area contributed by atoms with E-state index in [0.717, 1.165) is 32.7 Å². The Balaban J connectivity index is 1.71. The van der Waals surface area contributed by atoms with Crippen LogP contribution in [0, 0.1) is 0 Å². The second-order valence-electron chi connectivity index (χ2n) is 7.14. The summed E-state index contributed by atoms with van der Waals surface area (Å²) < 4.78 is 0. The standard InChI is InChI=1S/C22H22N8S/c1-13(2)21-29-30-22(31-21)28-19-7-6-17-18(27-19)9-15(11-26-17)16(12-24-3)20(23)14-5-4-8-25-10-14/h4-13H,23H2,1-3H3,(H,27,28,30). The number of allylic oxidation sites excluding steroid dienone is 1. The fourth-order valence-electron chi connectivity index (χ4n) is 2.96. The number of nitrogens with one attached hydrogen (secondary N) is 1. The van der Waals surface area contributed by atoms with Crippen LogP contribution in [0.5, 0.6) is 0 Å². The minimum Gasteiger partial charge on any atom is -0.398 e. The molecule has 0 aromatic carbocycles. The predicted octanol–water partition coefficient (Wildman–Crippen LogP) is 4.27. The molecule has 0 unspecified atom stereocenters. The fourth-order valence-corrected chi connectivity index (χ4v) is 3.71. The van der Waals surface area contributed by atoms with Gasteiger partial charge in [-0.25, -0.2) is 4.98 Å². The second kappa shape index (κ2) is 8.97. The first-order chi connectivity index (χ1) is 15.0. The largest absolute Gasteiger partial charge is 0.398 e. The van der Waals surface area contributed by atoms with Crippen LogP contribution >= 0.6 is 11.3 Å². The quantitative estimate of drug-likeness (QED) is 0.439. The third-order valence-corrected chi connectivity index (χ3v) is 5.68. The summed E-state index contributed by atoms with van der Waals surface area (Å²) in [5.74, 6) is 1.01. The van der Waals surface area contributed by atoms with Gasteiger partial charge in [-0.3, -0.25) is 15.0 Å². The van der Waals surface area contributed by atoms with Gasteiger partial charge in [0.1, 0.15) is 10.8 Å². The Bertz CT molecular complexity index is 1260. The van der Waals surface area contributed by atoms with Crippen LogP contribution < -0.4 is 11.1 Å². The van der Waals surface area contributed by atoms with Gasteiger partial charge in [-0.2, -0.15) is 0 Å². The van der Waals surface area contributed by atoms with Gasteiger partial charge >= 0.3 is 0 Å². The molecule has 0 amide bonds. The molecular weight excluding hydrogens is 408 g/mol. The van der Waals surface area contributed by atoms with E-state index < -0.39 is 0 Å². The van der Waals surface area contributed by atoms with Crippen molar-refractivity contribution in [3.8, 4) is 0 Å². The normalized spacial score (nSPS) is 12.5. The predicted molar refractivity (Wildman–Crippen MR) is 126 cm³/mol.